The molecule has 0 radical (unpaired) electrons. The van der Waals surface area contributed by atoms with Gasteiger partial charge in [-0.05, 0) is 24.3 Å². The summed E-state index contributed by atoms with van der Waals surface area (Å²) in [6.07, 6.45) is 1.64. The second-order valence-corrected chi connectivity index (χ2v) is 4.83. The van der Waals surface area contributed by atoms with E-state index in [0.29, 0.717) is 5.56 Å². The van der Waals surface area contributed by atoms with Gasteiger partial charge < -0.3 is 9.80 Å². The molecule has 4 nitrogen and oxygen atoms in total. The van der Waals surface area contributed by atoms with E-state index in [9.17, 15) is 0 Å². The Kier molecular flexibility index (Phi) is 3.51. The van der Waals surface area contributed by atoms with Gasteiger partial charge in [0.25, 0.3) is 0 Å². The van der Waals surface area contributed by atoms with Crippen LogP contribution in [0.2, 0.25) is 0 Å². The number of anilines is 2. The van der Waals surface area contributed by atoms with E-state index in [-0.39, 0.29) is 0 Å². The van der Waals surface area contributed by atoms with Crippen molar-refractivity contribution in [3.63, 3.8) is 0 Å². The van der Waals surface area contributed by atoms with Crippen LogP contribution in [0.5, 0.6) is 0 Å². The van der Waals surface area contributed by atoms with E-state index in [4.69, 9.17) is 5.26 Å². The van der Waals surface area contributed by atoms with Crippen LogP contribution in [-0.2, 0) is 0 Å². The first kappa shape index (κ1) is 12.5. The molecule has 0 spiro atoms. The maximum Gasteiger partial charge on any atom is 0.128 e. The highest BCUT2D eigenvalue weighted by Gasteiger charge is 2.17. The molecule has 3 rings (SSSR count). The number of piperazine rings is 1. The quantitative estimate of drug-likeness (QED) is 0.834. The third-order valence-electron chi connectivity index (χ3n) is 3.60. The van der Waals surface area contributed by atoms with Gasteiger partial charge in [0.05, 0.1) is 5.56 Å². The predicted molar refractivity (Wildman–Crippen MR) is 79.8 cm³/mol. The fourth-order valence-electron chi connectivity index (χ4n) is 2.47. The van der Waals surface area contributed by atoms with Crippen LogP contribution in [0.1, 0.15) is 5.56 Å². The van der Waals surface area contributed by atoms with Crippen molar-refractivity contribution in [2.24, 2.45) is 0 Å². The minimum absolute atomic E-state index is 0.608. The number of pyridine rings is 1. The number of rotatable bonds is 2. The van der Waals surface area contributed by atoms with E-state index >= 15 is 0 Å². The molecule has 1 fully saturated rings. The van der Waals surface area contributed by atoms with E-state index < -0.39 is 0 Å². The highest BCUT2D eigenvalue weighted by atomic mass is 15.3. The van der Waals surface area contributed by atoms with Gasteiger partial charge in [-0.3, -0.25) is 0 Å². The van der Waals surface area contributed by atoms with Crippen LogP contribution in [0.15, 0.2) is 48.7 Å². The van der Waals surface area contributed by atoms with E-state index in [2.05, 4.69) is 45.1 Å². The predicted octanol–water partition coefficient (Wildman–Crippen LogP) is 2.28. The number of para-hydroxylation sites is 1. The second kappa shape index (κ2) is 5.62. The van der Waals surface area contributed by atoms with Crippen molar-refractivity contribution in [3.8, 4) is 6.07 Å². The highest BCUT2D eigenvalue weighted by Crippen LogP contribution is 2.18. The van der Waals surface area contributed by atoms with Crippen molar-refractivity contribution in [2.45, 2.75) is 0 Å². The highest BCUT2D eigenvalue weighted by molar-refractivity contribution is 5.49. The lowest BCUT2D eigenvalue weighted by molar-refractivity contribution is 0.647. The van der Waals surface area contributed by atoms with Gasteiger partial charge in [-0.15, -0.1) is 0 Å². The molecule has 20 heavy (non-hydrogen) atoms. The standard InChI is InChI=1S/C16H16N4/c17-12-14-6-7-16(18-13-14)20-10-8-19(9-11-20)15-4-2-1-3-5-15/h1-7,13H,8-11H2. The van der Waals surface area contributed by atoms with E-state index in [1.54, 1.807) is 6.20 Å². The monoisotopic (exact) mass is 264 g/mol. The molecule has 0 N–H and O–H groups in total. The Bertz CT molecular complexity index is 593. The summed E-state index contributed by atoms with van der Waals surface area (Å²) in [6.45, 7) is 3.89. The first-order valence-corrected chi connectivity index (χ1v) is 6.78. The maximum absolute atomic E-state index is 8.79. The van der Waals surface area contributed by atoms with Crippen LogP contribution in [0.25, 0.3) is 0 Å². The first-order valence-electron chi connectivity index (χ1n) is 6.78. The van der Waals surface area contributed by atoms with Crippen molar-refractivity contribution >= 4 is 11.5 Å². The van der Waals surface area contributed by atoms with Crippen LogP contribution in [0.4, 0.5) is 11.5 Å². The fourth-order valence-corrected chi connectivity index (χ4v) is 2.47. The SMILES string of the molecule is N#Cc1ccc(N2CCN(c3ccccc3)CC2)nc1. The second-order valence-electron chi connectivity index (χ2n) is 4.83. The summed E-state index contributed by atoms with van der Waals surface area (Å²) >= 11 is 0. The summed E-state index contributed by atoms with van der Waals surface area (Å²) in [4.78, 5) is 9.01. The van der Waals surface area contributed by atoms with Crippen molar-refractivity contribution in [2.75, 3.05) is 36.0 Å². The molecule has 0 unspecified atom stereocenters. The number of nitrogens with zero attached hydrogens (tertiary/aromatic N) is 4. The van der Waals surface area contributed by atoms with E-state index in [0.717, 1.165) is 32.0 Å². The lowest BCUT2D eigenvalue weighted by Crippen LogP contribution is -2.46. The lowest BCUT2D eigenvalue weighted by atomic mass is 10.2. The molecule has 4 heteroatoms. The van der Waals surface area contributed by atoms with Gasteiger partial charge in [-0.25, -0.2) is 4.98 Å². The van der Waals surface area contributed by atoms with Crippen molar-refractivity contribution in [3.05, 3.63) is 54.2 Å². The Balaban J connectivity index is 1.65. The normalized spacial score (nSPS) is 14.9. The molecule has 1 aromatic heterocycles. The summed E-state index contributed by atoms with van der Waals surface area (Å²) in [6, 6.07) is 16.3. The zero-order valence-electron chi connectivity index (χ0n) is 11.2. The van der Waals surface area contributed by atoms with Crippen LogP contribution >= 0.6 is 0 Å². The summed E-state index contributed by atoms with van der Waals surface area (Å²) in [5, 5.41) is 8.79. The minimum Gasteiger partial charge on any atom is -0.368 e. The van der Waals surface area contributed by atoms with Gasteiger partial charge in [-0.1, -0.05) is 18.2 Å². The van der Waals surface area contributed by atoms with Gasteiger partial charge in [0.2, 0.25) is 0 Å². The minimum atomic E-state index is 0.608. The molecule has 0 atom stereocenters. The molecular weight excluding hydrogens is 248 g/mol. The number of hydrogen-bond donors (Lipinski definition) is 0. The summed E-state index contributed by atoms with van der Waals surface area (Å²) < 4.78 is 0. The molecule has 1 aliphatic rings. The average molecular weight is 264 g/mol. The lowest BCUT2D eigenvalue weighted by Gasteiger charge is -2.36. The molecule has 2 heterocycles. The third-order valence-corrected chi connectivity index (χ3v) is 3.60. The zero-order valence-corrected chi connectivity index (χ0v) is 11.2. The molecule has 2 aromatic rings. The van der Waals surface area contributed by atoms with Crippen molar-refractivity contribution in [1.82, 2.24) is 4.98 Å². The molecule has 1 saturated heterocycles. The van der Waals surface area contributed by atoms with Gasteiger partial charge in [-0.2, -0.15) is 5.26 Å². The molecular formula is C16H16N4. The Hall–Kier alpha value is -2.54. The number of hydrogen-bond acceptors (Lipinski definition) is 4. The van der Waals surface area contributed by atoms with E-state index in [1.807, 2.05) is 18.2 Å². The smallest absolute Gasteiger partial charge is 0.128 e. The van der Waals surface area contributed by atoms with Crippen LogP contribution in [0.3, 0.4) is 0 Å². The first-order chi connectivity index (χ1) is 9.86. The molecule has 100 valence electrons. The molecule has 1 aliphatic heterocycles. The van der Waals surface area contributed by atoms with Crippen LogP contribution in [0, 0.1) is 11.3 Å². The Labute approximate surface area is 118 Å². The zero-order chi connectivity index (χ0) is 13.8. The fraction of sp³-hybridized carbons (Fsp3) is 0.250. The van der Waals surface area contributed by atoms with Gasteiger partial charge in [0, 0.05) is 38.1 Å². The molecule has 0 bridgehead atoms. The summed E-state index contributed by atoms with van der Waals surface area (Å²) in [7, 11) is 0. The topological polar surface area (TPSA) is 43.2 Å². The van der Waals surface area contributed by atoms with Crippen LogP contribution < -0.4 is 9.80 Å². The number of aromatic nitrogens is 1. The van der Waals surface area contributed by atoms with E-state index in [1.165, 1.54) is 5.69 Å². The van der Waals surface area contributed by atoms with Gasteiger partial charge >= 0.3 is 0 Å². The summed E-state index contributed by atoms with van der Waals surface area (Å²) in [5.41, 5.74) is 1.89. The van der Waals surface area contributed by atoms with Crippen molar-refractivity contribution < 1.29 is 0 Å². The Morgan fingerprint density at radius 3 is 2.20 bits per heavy atom. The average Bonchev–Trinajstić information content (AvgIpc) is 2.56. The summed E-state index contributed by atoms with van der Waals surface area (Å²) in [5.74, 6) is 0.955. The number of benzene rings is 1. The van der Waals surface area contributed by atoms with Crippen LogP contribution in [-0.4, -0.2) is 31.2 Å². The van der Waals surface area contributed by atoms with Gasteiger partial charge in [0.15, 0.2) is 0 Å². The largest absolute Gasteiger partial charge is 0.368 e. The molecule has 1 aromatic carbocycles. The molecule has 0 saturated carbocycles. The number of nitriles is 1. The Morgan fingerprint density at radius 2 is 1.60 bits per heavy atom. The van der Waals surface area contributed by atoms with Gasteiger partial charge in [0.1, 0.15) is 11.9 Å². The molecule has 0 amide bonds. The maximum atomic E-state index is 8.79. The Morgan fingerprint density at radius 1 is 0.900 bits per heavy atom. The van der Waals surface area contributed by atoms with Crippen molar-refractivity contribution in [1.29, 1.82) is 5.26 Å². The third kappa shape index (κ3) is 2.57. The molecule has 0 aliphatic carbocycles.